The quantitative estimate of drug-likeness (QED) is 0.555. The van der Waals surface area contributed by atoms with Crippen LogP contribution in [0.1, 0.15) is 5.56 Å². The summed E-state index contributed by atoms with van der Waals surface area (Å²) >= 11 is 0. The first-order chi connectivity index (χ1) is 12.6. The molecule has 2 heterocycles. The molecule has 0 unspecified atom stereocenters. The molecule has 0 saturated heterocycles. The van der Waals surface area contributed by atoms with Gasteiger partial charge in [0.2, 0.25) is 11.6 Å². The highest BCUT2D eigenvalue weighted by Gasteiger charge is 2.16. The first-order valence-corrected chi connectivity index (χ1v) is 8.05. The van der Waals surface area contributed by atoms with Crippen LogP contribution < -0.4 is 4.90 Å². The van der Waals surface area contributed by atoms with E-state index in [1.807, 2.05) is 74.4 Å². The Balaban J connectivity index is 1.68. The molecule has 0 N–H and O–H groups in total. The first kappa shape index (κ1) is 15.9. The van der Waals surface area contributed by atoms with Gasteiger partial charge in [-0.3, -0.25) is 0 Å². The van der Waals surface area contributed by atoms with Crippen molar-refractivity contribution in [1.29, 1.82) is 0 Å². The first-order valence-electron chi connectivity index (χ1n) is 8.05. The Bertz CT molecular complexity index is 1010. The summed E-state index contributed by atoms with van der Waals surface area (Å²) in [7, 11) is 3.98. The van der Waals surface area contributed by atoms with Gasteiger partial charge in [0.25, 0.3) is 0 Å². The number of aryl methyl sites for hydroxylation is 1. The summed E-state index contributed by atoms with van der Waals surface area (Å²) in [4.78, 5) is 3.49. The van der Waals surface area contributed by atoms with Crippen molar-refractivity contribution in [3.8, 4) is 23.0 Å². The van der Waals surface area contributed by atoms with Crippen LogP contribution in [0.25, 0.3) is 23.0 Å². The maximum absolute atomic E-state index is 4.41. The zero-order valence-corrected chi connectivity index (χ0v) is 14.6. The monoisotopic (exact) mass is 347 g/mol. The summed E-state index contributed by atoms with van der Waals surface area (Å²) in [6.45, 7) is 2.03. The van der Waals surface area contributed by atoms with Gasteiger partial charge in [-0.15, -0.1) is 20.1 Å². The van der Waals surface area contributed by atoms with Gasteiger partial charge in [-0.2, -0.15) is 4.68 Å². The predicted octanol–water partition coefficient (Wildman–Crippen LogP) is 1.68. The van der Waals surface area contributed by atoms with Gasteiger partial charge in [0.05, 0.1) is 11.4 Å². The van der Waals surface area contributed by atoms with Crippen LogP contribution in [-0.2, 0) is 0 Å². The zero-order valence-electron chi connectivity index (χ0n) is 14.6. The van der Waals surface area contributed by atoms with Crippen LogP contribution in [0.3, 0.4) is 0 Å². The Morgan fingerprint density at radius 3 is 2.19 bits per heavy atom. The van der Waals surface area contributed by atoms with Gasteiger partial charge in [0, 0.05) is 19.8 Å². The van der Waals surface area contributed by atoms with Crippen LogP contribution in [0.5, 0.6) is 0 Å². The molecule has 4 rings (SSSR count). The van der Waals surface area contributed by atoms with E-state index in [0.29, 0.717) is 11.6 Å². The molecule has 0 bridgehead atoms. The average molecular weight is 347 g/mol. The van der Waals surface area contributed by atoms with Crippen LogP contribution in [0.15, 0.2) is 48.5 Å². The molecule has 26 heavy (non-hydrogen) atoms. The van der Waals surface area contributed by atoms with Crippen molar-refractivity contribution in [2.45, 2.75) is 6.92 Å². The molecule has 0 amide bonds. The van der Waals surface area contributed by atoms with Crippen LogP contribution in [0.2, 0.25) is 0 Å². The van der Waals surface area contributed by atoms with E-state index in [1.165, 1.54) is 10.4 Å². The second-order valence-corrected chi connectivity index (χ2v) is 6.06. The highest BCUT2D eigenvalue weighted by atomic mass is 15.6. The lowest BCUT2D eigenvalue weighted by Gasteiger charge is -2.12. The molecule has 130 valence electrons. The molecule has 4 aromatic rings. The topological polar surface area (TPSA) is 90.4 Å². The molecule has 0 radical (unpaired) electrons. The summed E-state index contributed by atoms with van der Waals surface area (Å²) in [5, 5.41) is 24.5. The zero-order chi connectivity index (χ0) is 18.1. The average Bonchev–Trinajstić information content (AvgIpc) is 3.31. The van der Waals surface area contributed by atoms with Gasteiger partial charge in [-0.05, 0) is 59.0 Å². The number of nitrogens with zero attached hydrogens (tertiary/aromatic N) is 9. The molecule has 9 nitrogen and oxygen atoms in total. The molecule has 0 atom stereocenters. The summed E-state index contributed by atoms with van der Waals surface area (Å²) in [6, 6.07) is 15.7. The molecule has 0 spiro atoms. The van der Waals surface area contributed by atoms with Crippen molar-refractivity contribution in [3.05, 3.63) is 54.1 Å². The second kappa shape index (κ2) is 6.36. The van der Waals surface area contributed by atoms with Crippen molar-refractivity contribution >= 4 is 5.69 Å². The molecule has 2 aromatic heterocycles. The maximum atomic E-state index is 4.41. The van der Waals surface area contributed by atoms with Crippen LogP contribution in [0, 0.1) is 6.92 Å². The fourth-order valence-corrected chi connectivity index (χ4v) is 2.48. The van der Waals surface area contributed by atoms with Gasteiger partial charge in [0.1, 0.15) is 0 Å². The summed E-state index contributed by atoms with van der Waals surface area (Å²) in [5.74, 6) is 0.785. The number of anilines is 1. The highest BCUT2D eigenvalue weighted by Crippen LogP contribution is 2.19. The van der Waals surface area contributed by atoms with E-state index in [1.54, 1.807) is 4.68 Å². The smallest absolute Gasteiger partial charge is 0.244 e. The van der Waals surface area contributed by atoms with E-state index in [4.69, 9.17) is 0 Å². The van der Waals surface area contributed by atoms with Crippen LogP contribution in [0.4, 0.5) is 5.69 Å². The Morgan fingerprint density at radius 1 is 0.808 bits per heavy atom. The number of tetrazole rings is 2. The Hall–Kier alpha value is -3.62. The SMILES string of the molecule is Cc1ccc(-n2nnc(-c3nnnn3-c3ccc(N(C)C)cc3)n2)cc1. The fourth-order valence-electron chi connectivity index (χ4n) is 2.48. The van der Waals surface area contributed by atoms with E-state index in [2.05, 4.69) is 30.9 Å². The largest absolute Gasteiger partial charge is 0.378 e. The third kappa shape index (κ3) is 2.90. The van der Waals surface area contributed by atoms with E-state index in [-0.39, 0.29) is 0 Å². The molecule has 0 saturated carbocycles. The Morgan fingerprint density at radius 2 is 1.50 bits per heavy atom. The molecule has 0 aliphatic carbocycles. The number of hydrogen-bond donors (Lipinski definition) is 0. The van der Waals surface area contributed by atoms with Crippen molar-refractivity contribution in [3.63, 3.8) is 0 Å². The van der Waals surface area contributed by atoms with E-state index in [0.717, 1.165) is 17.1 Å². The van der Waals surface area contributed by atoms with Crippen LogP contribution in [-0.4, -0.2) is 54.5 Å². The number of hydrogen-bond acceptors (Lipinski definition) is 7. The fraction of sp³-hybridized carbons (Fsp3) is 0.176. The minimum Gasteiger partial charge on any atom is -0.378 e. The molecule has 0 fully saturated rings. The normalized spacial score (nSPS) is 10.9. The highest BCUT2D eigenvalue weighted by molar-refractivity contribution is 5.53. The molecular weight excluding hydrogens is 330 g/mol. The third-order valence-corrected chi connectivity index (χ3v) is 3.96. The van der Waals surface area contributed by atoms with E-state index >= 15 is 0 Å². The minimum absolute atomic E-state index is 0.354. The third-order valence-electron chi connectivity index (χ3n) is 3.96. The van der Waals surface area contributed by atoms with E-state index < -0.39 is 0 Å². The number of aromatic nitrogens is 8. The van der Waals surface area contributed by atoms with E-state index in [9.17, 15) is 0 Å². The Kier molecular flexibility index (Phi) is 3.88. The summed E-state index contributed by atoms with van der Waals surface area (Å²) in [6.07, 6.45) is 0. The maximum Gasteiger partial charge on any atom is 0.244 e. The lowest BCUT2D eigenvalue weighted by molar-refractivity contribution is 0.719. The van der Waals surface area contributed by atoms with Gasteiger partial charge in [-0.25, -0.2) is 0 Å². The Labute approximate surface area is 149 Å². The second-order valence-electron chi connectivity index (χ2n) is 6.06. The standard InChI is InChI=1S/C17H17N9/c1-12-4-6-15(7-5-12)26-20-16(18-22-26)17-19-21-23-25(17)14-10-8-13(9-11-14)24(2)3/h4-11H,1-3H3. The van der Waals surface area contributed by atoms with Gasteiger partial charge < -0.3 is 4.90 Å². The molecule has 2 aromatic carbocycles. The molecule has 0 aliphatic heterocycles. The van der Waals surface area contributed by atoms with Gasteiger partial charge in [0.15, 0.2) is 0 Å². The van der Waals surface area contributed by atoms with Crippen molar-refractivity contribution < 1.29 is 0 Å². The summed E-state index contributed by atoms with van der Waals surface area (Å²) < 4.78 is 1.59. The lowest BCUT2D eigenvalue weighted by Crippen LogP contribution is -2.08. The predicted molar refractivity (Wildman–Crippen MR) is 96.4 cm³/mol. The van der Waals surface area contributed by atoms with Crippen molar-refractivity contribution in [2.24, 2.45) is 0 Å². The number of benzene rings is 2. The minimum atomic E-state index is 0.354. The lowest BCUT2D eigenvalue weighted by atomic mass is 10.2. The van der Waals surface area contributed by atoms with Crippen molar-refractivity contribution in [2.75, 3.05) is 19.0 Å². The van der Waals surface area contributed by atoms with Gasteiger partial charge >= 0.3 is 0 Å². The van der Waals surface area contributed by atoms with Gasteiger partial charge in [-0.1, -0.05) is 17.7 Å². The summed E-state index contributed by atoms with van der Waals surface area (Å²) in [5.41, 5.74) is 3.90. The van der Waals surface area contributed by atoms with Crippen LogP contribution >= 0.6 is 0 Å². The molecular formula is C17H17N9. The molecule has 9 heteroatoms. The van der Waals surface area contributed by atoms with Crippen molar-refractivity contribution in [1.82, 2.24) is 40.4 Å². The number of rotatable bonds is 4. The molecule has 0 aliphatic rings.